The van der Waals surface area contributed by atoms with E-state index in [1.54, 1.807) is 7.11 Å². The molecule has 100 valence electrons. The second kappa shape index (κ2) is 6.72. The summed E-state index contributed by atoms with van der Waals surface area (Å²) in [5.74, 6) is 0.985. The zero-order valence-corrected chi connectivity index (χ0v) is 11.5. The molecule has 2 fully saturated rings. The van der Waals surface area contributed by atoms with Gasteiger partial charge in [-0.05, 0) is 51.5 Å². The Morgan fingerprint density at radius 2 is 2.06 bits per heavy atom. The van der Waals surface area contributed by atoms with Crippen molar-refractivity contribution in [3.05, 3.63) is 0 Å². The van der Waals surface area contributed by atoms with Gasteiger partial charge in [0.05, 0.1) is 0 Å². The van der Waals surface area contributed by atoms with Crippen LogP contribution in [0.15, 0.2) is 0 Å². The largest absolute Gasteiger partial charge is 0.385 e. The van der Waals surface area contributed by atoms with E-state index in [4.69, 9.17) is 4.74 Å². The standard InChI is InChI=1S/C14H28N2O/c1-12-10-15-14(13-6-7-13)11-16(12)8-4-3-5-9-17-2/h12-15H,3-11H2,1-2H3. The summed E-state index contributed by atoms with van der Waals surface area (Å²) in [4.78, 5) is 2.69. The van der Waals surface area contributed by atoms with Crippen molar-refractivity contribution in [2.45, 2.75) is 51.1 Å². The number of ether oxygens (including phenoxy) is 1. The molecule has 2 aliphatic rings. The highest BCUT2D eigenvalue weighted by Crippen LogP contribution is 2.34. The summed E-state index contributed by atoms with van der Waals surface area (Å²) < 4.78 is 5.09. The van der Waals surface area contributed by atoms with Crippen molar-refractivity contribution in [3.8, 4) is 0 Å². The van der Waals surface area contributed by atoms with E-state index in [2.05, 4.69) is 17.1 Å². The molecule has 2 atom stereocenters. The summed E-state index contributed by atoms with van der Waals surface area (Å²) in [7, 11) is 1.79. The maximum atomic E-state index is 5.09. The van der Waals surface area contributed by atoms with Crippen LogP contribution in [0.25, 0.3) is 0 Å². The Kier molecular flexibility index (Phi) is 5.26. The average molecular weight is 240 g/mol. The highest BCUT2D eigenvalue weighted by Gasteiger charge is 2.35. The Hall–Kier alpha value is -0.120. The summed E-state index contributed by atoms with van der Waals surface area (Å²) in [6.07, 6.45) is 6.74. The summed E-state index contributed by atoms with van der Waals surface area (Å²) in [5.41, 5.74) is 0. The number of hydrogen-bond donors (Lipinski definition) is 1. The predicted molar refractivity (Wildman–Crippen MR) is 71.3 cm³/mol. The van der Waals surface area contributed by atoms with Gasteiger partial charge in [-0.1, -0.05) is 0 Å². The first-order valence-corrected chi connectivity index (χ1v) is 7.27. The van der Waals surface area contributed by atoms with Gasteiger partial charge in [-0.15, -0.1) is 0 Å². The molecule has 1 saturated carbocycles. The van der Waals surface area contributed by atoms with Gasteiger partial charge >= 0.3 is 0 Å². The molecule has 1 N–H and O–H groups in total. The third-order valence-corrected chi connectivity index (χ3v) is 4.21. The first-order chi connectivity index (χ1) is 8.31. The Morgan fingerprint density at radius 3 is 2.76 bits per heavy atom. The number of hydrogen-bond acceptors (Lipinski definition) is 3. The van der Waals surface area contributed by atoms with Crippen LogP contribution in [0, 0.1) is 5.92 Å². The van der Waals surface area contributed by atoms with Gasteiger partial charge in [-0.2, -0.15) is 0 Å². The van der Waals surface area contributed by atoms with Crippen LogP contribution < -0.4 is 5.32 Å². The fraction of sp³-hybridized carbons (Fsp3) is 1.00. The smallest absolute Gasteiger partial charge is 0.0462 e. The highest BCUT2D eigenvalue weighted by molar-refractivity contribution is 4.93. The predicted octanol–water partition coefficient (Wildman–Crippen LogP) is 1.88. The molecule has 2 unspecified atom stereocenters. The molecule has 0 aromatic heterocycles. The lowest BCUT2D eigenvalue weighted by atomic mass is 10.1. The number of methoxy groups -OCH3 is 1. The lowest BCUT2D eigenvalue weighted by molar-refractivity contribution is 0.128. The lowest BCUT2D eigenvalue weighted by Gasteiger charge is -2.39. The molecule has 1 saturated heterocycles. The van der Waals surface area contributed by atoms with Crippen molar-refractivity contribution in [3.63, 3.8) is 0 Å². The van der Waals surface area contributed by atoms with E-state index in [0.717, 1.165) is 18.6 Å². The number of nitrogens with zero attached hydrogens (tertiary/aromatic N) is 1. The maximum Gasteiger partial charge on any atom is 0.0462 e. The molecule has 1 aliphatic carbocycles. The normalized spacial score (nSPS) is 30.7. The quantitative estimate of drug-likeness (QED) is 0.688. The van der Waals surface area contributed by atoms with Gasteiger partial charge < -0.3 is 10.1 Å². The van der Waals surface area contributed by atoms with Gasteiger partial charge in [0.15, 0.2) is 0 Å². The van der Waals surface area contributed by atoms with Crippen molar-refractivity contribution >= 4 is 0 Å². The first-order valence-electron chi connectivity index (χ1n) is 7.27. The zero-order chi connectivity index (χ0) is 12.1. The van der Waals surface area contributed by atoms with Crippen LogP contribution in [0.1, 0.15) is 39.0 Å². The average Bonchev–Trinajstić information content (AvgIpc) is 3.15. The summed E-state index contributed by atoms with van der Waals surface area (Å²) in [6.45, 7) is 7.00. The molecule has 1 heterocycles. The van der Waals surface area contributed by atoms with E-state index in [0.29, 0.717) is 6.04 Å². The lowest BCUT2D eigenvalue weighted by Crippen LogP contribution is -2.56. The molecule has 0 radical (unpaired) electrons. The van der Waals surface area contributed by atoms with Crippen LogP contribution in [-0.4, -0.2) is 50.3 Å². The third kappa shape index (κ3) is 4.23. The van der Waals surface area contributed by atoms with E-state index >= 15 is 0 Å². The van der Waals surface area contributed by atoms with Gasteiger partial charge in [0.1, 0.15) is 0 Å². The summed E-state index contributed by atoms with van der Waals surface area (Å²) in [6, 6.07) is 1.50. The maximum absolute atomic E-state index is 5.09. The molecule has 0 spiro atoms. The Labute approximate surface area is 106 Å². The molecule has 0 aromatic carbocycles. The molecule has 2 rings (SSSR count). The zero-order valence-electron chi connectivity index (χ0n) is 11.5. The monoisotopic (exact) mass is 240 g/mol. The van der Waals surface area contributed by atoms with Crippen molar-refractivity contribution in [2.24, 2.45) is 5.92 Å². The number of unbranched alkanes of at least 4 members (excludes halogenated alkanes) is 2. The minimum atomic E-state index is 0.715. The minimum absolute atomic E-state index is 0.715. The molecular weight excluding hydrogens is 212 g/mol. The van der Waals surface area contributed by atoms with Crippen LogP contribution in [0.3, 0.4) is 0 Å². The van der Waals surface area contributed by atoms with Crippen molar-refractivity contribution in [1.29, 1.82) is 0 Å². The number of rotatable bonds is 7. The topological polar surface area (TPSA) is 24.5 Å². The van der Waals surface area contributed by atoms with E-state index in [1.807, 2.05) is 0 Å². The second-order valence-electron chi connectivity index (χ2n) is 5.75. The molecular formula is C14H28N2O. The number of nitrogens with one attached hydrogen (secondary N) is 1. The number of piperazine rings is 1. The van der Waals surface area contributed by atoms with Gasteiger partial charge in [0.2, 0.25) is 0 Å². The SMILES string of the molecule is COCCCCCN1CC(C2CC2)NCC1C. The minimum Gasteiger partial charge on any atom is -0.385 e. The first kappa shape index (κ1) is 13.3. The van der Waals surface area contributed by atoms with Crippen LogP contribution in [0.4, 0.5) is 0 Å². The van der Waals surface area contributed by atoms with Crippen molar-refractivity contribution in [1.82, 2.24) is 10.2 Å². The van der Waals surface area contributed by atoms with Gasteiger partial charge in [-0.3, -0.25) is 4.90 Å². The molecule has 17 heavy (non-hydrogen) atoms. The van der Waals surface area contributed by atoms with Gasteiger partial charge in [-0.25, -0.2) is 0 Å². The van der Waals surface area contributed by atoms with E-state index < -0.39 is 0 Å². The van der Waals surface area contributed by atoms with E-state index in [-0.39, 0.29) is 0 Å². The Balaban J connectivity index is 1.63. The Morgan fingerprint density at radius 1 is 1.24 bits per heavy atom. The van der Waals surface area contributed by atoms with Crippen molar-refractivity contribution in [2.75, 3.05) is 33.4 Å². The van der Waals surface area contributed by atoms with Crippen LogP contribution in [0.2, 0.25) is 0 Å². The Bertz CT molecular complexity index is 218. The van der Waals surface area contributed by atoms with E-state index in [9.17, 15) is 0 Å². The molecule has 3 nitrogen and oxygen atoms in total. The van der Waals surface area contributed by atoms with Crippen LogP contribution >= 0.6 is 0 Å². The summed E-state index contributed by atoms with van der Waals surface area (Å²) in [5, 5.41) is 3.71. The molecule has 0 bridgehead atoms. The fourth-order valence-electron chi connectivity index (χ4n) is 2.81. The van der Waals surface area contributed by atoms with Gasteiger partial charge in [0.25, 0.3) is 0 Å². The molecule has 1 aliphatic heterocycles. The second-order valence-corrected chi connectivity index (χ2v) is 5.75. The molecule has 0 amide bonds. The fourth-order valence-corrected chi connectivity index (χ4v) is 2.81. The van der Waals surface area contributed by atoms with Crippen LogP contribution in [-0.2, 0) is 4.74 Å². The van der Waals surface area contributed by atoms with Crippen LogP contribution in [0.5, 0.6) is 0 Å². The summed E-state index contributed by atoms with van der Waals surface area (Å²) >= 11 is 0. The van der Waals surface area contributed by atoms with E-state index in [1.165, 1.54) is 51.7 Å². The highest BCUT2D eigenvalue weighted by atomic mass is 16.5. The van der Waals surface area contributed by atoms with Crippen molar-refractivity contribution < 1.29 is 4.74 Å². The van der Waals surface area contributed by atoms with Gasteiger partial charge in [0, 0.05) is 38.9 Å². The third-order valence-electron chi connectivity index (χ3n) is 4.21. The molecule has 3 heteroatoms. The molecule has 0 aromatic rings.